The second-order valence-electron chi connectivity index (χ2n) is 5.82. The highest BCUT2D eigenvalue weighted by Crippen LogP contribution is 2.29. The lowest BCUT2D eigenvalue weighted by Gasteiger charge is -2.20. The minimum Gasteiger partial charge on any atom is -0.274 e. The standard InChI is InChI=1S/C20H20N2OS/c1-15-8-10-17(11-9-15)12-13-19(23)22(18-6-4-3-5-7-18)20-21-16(2)14-24-20/h3-11,14H,12-13H2,1-2H3. The van der Waals surface area contributed by atoms with Crippen LogP contribution >= 0.6 is 11.3 Å². The van der Waals surface area contributed by atoms with E-state index in [1.807, 2.05) is 42.6 Å². The van der Waals surface area contributed by atoms with E-state index >= 15 is 0 Å². The van der Waals surface area contributed by atoms with Gasteiger partial charge in [-0.25, -0.2) is 4.98 Å². The van der Waals surface area contributed by atoms with Crippen molar-refractivity contribution in [3.63, 3.8) is 0 Å². The molecule has 0 radical (unpaired) electrons. The molecular formula is C20H20N2OS. The Morgan fingerprint density at radius 1 is 1.04 bits per heavy atom. The topological polar surface area (TPSA) is 33.2 Å². The Kier molecular flexibility index (Phi) is 5.06. The van der Waals surface area contributed by atoms with Gasteiger partial charge in [0.25, 0.3) is 0 Å². The number of rotatable bonds is 5. The first-order valence-corrected chi connectivity index (χ1v) is 8.87. The molecule has 0 aliphatic rings. The van der Waals surface area contributed by atoms with Crippen LogP contribution < -0.4 is 4.90 Å². The van der Waals surface area contributed by atoms with Gasteiger partial charge in [-0.3, -0.25) is 9.69 Å². The summed E-state index contributed by atoms with van der Waals surface area (Å²) in [6.07, 6.45) is 1.18. The third-order valence-corrected chi connectivity index (χ3v) is 4.75. The lowest BCUT2D eigenvalue weighted by atomic mass is 10.1. The fourth-order valence-corrected chi connectivity index (χ4v) is 3.34. The Morgan fingerprint density at radius 3 is 2.38 bits per heavy atom. The first kappa shape index (κ1) is 16.4. The van der Waals surface area contributed by atoms with Crippen LogP contribution in [0.15, 0.2) is 60.0 Å². The van der Waals surface area contributed by atoms with E-state index in [0.717, 1.165) is 22.9 Å². The van der Waals surface area contributed by atoms with E-state index in [9.17, 15) is 4.79 Å². The van der Waals surface area contributed by atoms with Crippen molar-refractivity contribution in [2.75, 3.05) is 4.90 Å². The molecule has 0 saturated heterocycles. The van der Waals surface area contributed by atoms with Gasteiger partial charge in [-0.15, -0.1) is 11.3 Å². The maximum absolute atomic E-state index is 12.9. The Balaban J connectivity index is 1.80. The van der Waals surface area contributed by atoms with E-state index in [2.05, 4.69) is 36.2 Å². The van der Waals surface area contributed by atoms with Gasteiger partial charge in [-0.05, 0) is 38.0 Å². The molecule has 3 rings (SSSR count). The van der Waals surface area contributed by atoms with Crippen LogP contribution in [0, 0.1) is 13.8 Å². The summed E-state index contributed by atoms with van der Waals surface area (Å²) in [6.45, 7) is 4.01. The first-order valence-electron chi connectivity index (χ1n) is 7.99. The smallest absolute Gasteiger partial charge is 0.233 e. The summed E-state index contributed by atoms with van der Waals surface area (Å²) >= 11 is 1.50. The highest BCUT2D eigenvalue weighted by Gasteiger charge is 2.20. The number of amides is 1. The molecule has 2 aromatic carbocycles. The van der Waals surface area contributed by atoms with Crippen LogP contribution in [-0.4, -0.2) is 10.9 Å². The van der Waals surface area contributed by atoms with E-state index in [1.165, 1.54) is 22.5 Å². The molecule has 4 heteroatoms. The zero-order valence-electron chi connectivity index (χ0n) is 13.9. The maximum Gasteiger partial charge on any atom is 0.233 e. The van der Waals surface area contributed by atoms with Gasteiger partial charge in [0.15, 0.2) is 5.13 Å². The normalized spacial score (nSPS) is 10.6. The summed E-state index contributed by atoms with van der Waals surface area (Å²) in [6, 6.07) is 18.1. The summed E-state index contributed by atoms with van der Waals surface area (Å²) in [7, 11) is 0. The number of nitrogens with zero attached hydrogens (tertiary/aromatic N) is 2. The van der Waals surface area contributed by atoms with E-state index in [0.29, 0.717) is 6.42 Å². The van der Waals surface area contributed by atoms with Gasteiger partial charge in [0.1, 0.15) is 0 Å². The molecule has 24 heavy (non-hydrogen) atoms. The average molecular weight is 336 g/mol. The number of aromatic nitrogens is 1. The van der Waals surface area contributed by atoms with E-state index in [4.69, 9.17) is 0 Å². The zero-order valence-corrected chi connectivity index (χ0v) is 14.7. The fourth-order valence-electron chi connectivity index (χ4n) is 2.50. The van der Waals surface area contributed by atoms with Crippen molar-refractivity contribution < 1.29 is 4.79 Å². The Hall–Kier alpha value is -2.46. The number of hydrogen-bond donors (Lipinski definition) is 0. The lowest BCUT2D eigenvalue weighted by Crippen LogP contribution is -2.26. The number of carbonyl (C=O) groups excluding carboxylic acids is 1. The minimum absolute atomic E-state index is 0.0659. The van der Waals surface area contributed by atoms with Crippen LogP contribution in [-0.2, 0) is 11.2 Å². The fraction of sp³-hybridized carbons (Fsp3) is 0.200. The Bertz CT molecular complexity index is 809. The lowest BCUT2D eigenvalue weighted by molar-refractivity contribution is -0.117. The van der Waals surface area contributed by atoms with Crippen molar-refractivity contribution in [2.24, 2.45) is 0 Å². The average Bonchev–Trinajstić information content (AvgIpc) is 3.01. The summed E-state index contributed by atoms with van der Waals surface area (Å²) < 4.78 is 0. The van der Waals surface area contributed by atoms with Gasteiger partial charge in [-0.2, -0.15) is 0 Å². The minimum atomic E-state index is 0.0659. The SMILES string of the molecule is Cc1ccc(CCC(=O)N(c2ccccc2)c2nc(C)cs2)cc1. The molecule has 0 atom stereocenters. The van der Waals surface area contributed by atoms with Crippen molar-refractivity contribution in [1.82, 2.24) is 4.98 Å². The molecular weight excluding hydrogens is 316 g/mol. The predicted octanol–water partition coefficient (Wildman–Crippen LogP) is 5.06. The van der Waals surface area contributed by atoms with Gasteiger partial charge in [0.2, 0.25) is 5.91 Å². The van der Waals surface area contributed by atoms with Crippen molar-refractivity contribution in [2.45, 2.75) is 26.7 Å². The van der Waals surface area contributed by atoms with Crippen LogP contribution in [0.3, 0.4) is 0 Å². The van der Waals surface area contributed by atoms with E-state index < -0.39 is 0 Å². The molecule has 0 saturated carbocycles. The Labute approximate surface area is 146 Å². The molecule has 0 bridgehead atoms. The second kappa shape index (κ2) is 7.41. The highest BCUT2D eigenvalue weighted by molar-refractivity contribution is 7.14. The van der Waals surface area contributed by atoms with Gasteiger partial charge >= 0.3 is 0 Å². The molecule has 1 heterocycles. The van der Waals surface area contributed by atoms with Crippen molar-refractivity contribution in [3.8, 4) is 0 Å². The molecule has 3 nitrogen and oxygen atoms in total. The number of benzene rings is 2. The molecule has 0 aliphatic heterocycles. The van der Waals surface area contributed by atoms with E-state index in [-0.39, 0.29) is 5.91 Å². The van der Waals surface area contributed by atoms with Gasteiger partial charge in [0.05, 0.1) is 11.4 Å². The van der Waals surface area contributed by atoms with Gasteiger partial charge in [0, 0.05) is 11.8 Å². The largest absolute Gasteiger partial charge is 0.274 e. The molecule has 122 valence electrons. The predicted molar refractivity (Wildman–Crippen MR) is 99.9 cm³/mol. The van der Waals surface area contributed by atoms with Gasteiger partial charge in [-0.1, -0.05) is 48.0 Å². The number of carbonyl (C=O) groups is 1. The molecule has 0 aliphatic carbocycles. The monoisotopic (exact) mass is 336 g/mol. The third kappa shape index (κ3) is 3.89. The van der Waals surface area contributed by atoms with E-state index in [1.54, 1.807) is 4.90 Å². The second-order valence-corrected chi connectivity index (χ2v) is 6.66. The van der Waals surface area contributed by atoms with Crippen LogP contribution in [0.5, 0.6) is 0 Å². The molecule has 0 fully saturated rings. The number of para-hydroxylation sites is 1. The third-order valence-electron chi connectivity index (χ3n) is 3.81. The quantitative estimate of drug-likeness (QED) is 0.652. The number of hydrogen-bond acceptors (Lipinski definition) is 3. The Morgan fingerprint density at radius 2 is 1.75 bits per heavy atom. The number of aryl methyl sites for hydroxylation is 3. The molecule has 0 spiro atoms. The van der Waals surface area contributed by atoms with Crippen molar-refractivity contribution in [3.05, 3.63) is 76.8 Å². The van der Waals surface area contributed by atoms with Crippen LogP contribution in [0.2, 0.25) is 0 Å². The van der Waals surface area contributed by atoms with Crippen LogP contribution in [0.1, 0.15) is 23.2 Å². The molecule has 3 aromatic rings. The number of thiazole rings is 1. The summed E-state index contributed by atoms with van der Waals surface area (Å²) in [5.74, 6) is 0.0659. The van der Waals surface area contributed by atoms with Gasteiger partial charge < -0.3 is 0 Å². The molecule has 0 N–H and O–H groups in total. The first-order chi connectivity index (χ1) is 11.6. The maximum atomic E-state index is 12.9. The van der Waals surface area contributed by atoms with Crippen LogP contribution in [0.25, 0.3) is 0 Å². The number of anilines is 2. The van der Waals surface area contributed by atoms with Crippen LogP contribution in [0.4, 0.5) is 10.8 Å². The summed E-state index contributed by atoms with van der Waals surface area (Å²) in [5, 5.41) is 2.70. The highest BCUT2D eigenvalue weighted by atomic mass is 32.1. The van der Waals surface area contributed by atoms with Crippen molar-refractivity contribution >= 4 is 28.1 Å². The summed E-state index contributed by atoms with van der Waals surface area (Å²) in [5.41, 5.74) is 4.20. The summed E-state index contributed by atoms with van der Waals surface area (Å²) in [4.78, 5) is 19.1. The molecule has 1 aromatic heterocycles. The molecule has 0 unspecified atom stereocenters. The molecule has 1 amide bonds. The van der Waals surface area contributed by atoms with Crippen molar-refractivity contribution in [1.29, 1.82) is 0 Å². The zero-order chi connectivity index (χ0) is 16.9.